The van der Waals surface area contributed by atoms with Gasteiger partial charge in [-0.15, -0.1) is 0 Å². The Hall–Kier alpha value is -5.45. The van der Waals surface area contributed by atoms with Crippen molar-refractivity contribution in [2.75, 3.05) is 55.6 Å². The second kappa shape index (κ2) is 15.9. The highest BCUT2D eigenvalue weighted by Crippen LogP contribution is 2.55. The summed E-state index contributed by atoms with van der Waals surface area (Å²) in [6, 6.07) is 19.2. The van der Waals surface area contributed by atoms with E-state index in [0.717, 1.165) is 79.8 Å². The van der Waals surface area contributed by atoms with Crippen LogP contribution in [0.2, 0.25) is 5.02 Å². The molecule has 1 aliphatic carbocycles. The van der Waals surface area contributed by atoms with Gasteiger partial charge in [-0.3, -0.25) is 38.7 Å². The Bertz CT molecular complexity index is 2260. The maximum absolute atomic E-state index is 13.5. The van der Waals surface area contributed by atoms with E-state index in [1.165, 1.54) is 0 Å². The Morgan fingerprint density at radius 2 is 1.47 bits per heavy atom. The van der Waals surface area contributed by atoms with Gasteiger partial charge >= 0.3 is 0 Å². The van der Waals surface area contributed by atoms with Crippen molar-refractivity contribution in [1.82, 2.24) is 20.0 Å². The van der Waals surface area contributed by atoms with E-state index >= 15 is 0 Å². The fourth-order valence-corrected chi connectivity index (χ4v) is 10.6. The summed E-state index contributed by atoms with van der Waals surface area (Å²) in [6.07, 6.45) is 2.13. The molecule has 3 aromatic carbocycles. The lowest BCUT2D eigenvalue weighted by Crippen LogP contribution is -2.74. The third-order valence-corrected chi connectivity index (χ3v) is 13.8. The highest BCUT2D eigenvalue weighted by Gasteiger charge is 2.64. The molecule has 5 aliphatic rings. The number of nitrogens with zero attached hydrogens (tertiary/aromatic N) is 6. The van der Waals surface area contributed by atoms with Crippen molar-refractivity contribution in [3.05, 3.63) is 95.0 Å². The Morgan fingerprint density at radius 1 is 0.833 bits per heavy atom. The monoisotopic (exact) mass is 832 g/mol. The number of hydrogen-bond donors (Lipinski definition) is 1. The van der Waals surface area contributed by atoms with Crippen molar-refractivity contribution in [3.63, 3.8) is 0 Å². The van der Waals surface area contributed by atoms with Crippen LogP contribution in [0, 0.1) is 35.1 Å². The predicted molar refractivity (Wildman–Crippen MR) is 227 cm³/mol. The van der Waals surface area contributed by atoms with E-state index in [2.05, 4.69) is 60.8 Å². The van der Waals surface area contributed by atoms with Crippen LogP contribution >= 0.6 is 11.6 Å². The van der Waals surface area contributed by atoms with Crippen LogP contribution in [0.3, 0.4) is 0 Å². The molecule has 14 heteroatoms. The fourth-order valence-electron chi connectivity index (χ4n) is 10.3. The first-order valence-electron chi connectivity index (χ1n) is 20.8. The standard InChI is InChI=1S/C46H51ClN7O6/c1-45(2)43(46(3,4)44(45)60-33-12-8-30(26-48)36(47)25-33)49-39(56)29-6-9-31(10-7-29)52-18-16-28(17-19-52)27-51-20-22-53(23-21-51)32-11-13-34-35(24-32)41(58)54(40(34)57)37-14-15-38(55)50(5)42(37)59/h6-13,24-25,28,37,43-44H,5,14-23,27H2,1-4H3,(H,49,56)/t37?,43-,44-. The number of amides is 5. The van der Waals surface area contributed by atoms with Crippen LogP contribution in [0.1, 0.15) is 90.0 Å². The van der Waals surface area contributed by atoms with E-state index in [4.69, 9.17) is 16.3 Å². The molecule has 3 aromatic rings. The highest BCUT2D eigenvalue weighted by atomic mass is 35.5. The number of rotatable bonds is 9. The van der Waals surface area contributed by atoms with Gasteiger partial charge in [-0.25, -0.2) is 0 Å². The number of imide groups is 2. The van der Waals surface area contributed by atoms with Crippen molar-refractivity contribution in [2.45, 2.75) is 71.6 Å². The van der Waals surface area contributed by atoms with Gasteiger partial charge in [0.1, 0.15) is 24.0 Å². The Labute approximate surface area is 356 Å². The Kier molecular flexibility index (Phi) is 10.9. The normalized spacial score (nSPS) is 24.2. The van der Waals surface area contributed by atoms with Crippen LogP contribution in [-0.2, 0) is 9.59 Å². The quantitative estimate of drug-likeness (QED) is 0.264. The second-order valence-corrected chi connectivity index (χ2v) is 18.4. The van der Waals surface area contributed by atoms with Crippen molar-refractivity contribution >= 4 is 52.5 Å². The summed E-state index contributed by atoms with van der Waals surface area (Å²) < 4.78 is 6.38. The molecule has 13 nitrogen and oxygen atoms in total. The molecular formula is C46H51ClN7O6. The number of carbonyl (C=O) groups is 5. The number of carbonyl (C=O) groups excluding carboxylic acids is 5. The number of piperidine rings is 2. The van der Waals surface area contributed by atoms with E-state index in [9.17, 15) is 29.2 Å². The lowest BCUT2D eigenvalue weighted by Gasteiger charge is -2.63. The third-order valence-electron chi connectivity index (χ3n) is 13.5. The zero-order chi connectivity index (χ0) is 42.7. The molecule has 60 heavy (non-hydrogen) atoms. The van der Waals surface area contributed by atoms with Crippen LogP contribution in [0.15, 0.2) is 60.7 Å². The molecule has 1 atom stereocenters. The van der Waals surface area contributed by atoms with Gasteiger partial charge in [0.15, 0.2) is 0 Å². The van der Waals surface area contributed by atoms with Crippen LogP contribution in [0.4, 0.5) is 11.4 Å². The molecule has 313 valence electrons. The van der Waals surface area contributed by atoms with Gasteiger partial charge in [0.25, 0.3) is 23.6 Å². The van der Waals surface area contributed by atoms with E-state index in [1.54, 1.807) is 30.3 Å². The van der Waals surface area contributed by atoms with Gasteiger partial charge in [0.2, 0.25) is 5.91 Å². The number of hydrogen-bond acceptors (Lipinski definition) is 10. The molecule has 1 unspecified atom stereocenters. The largest absolute Gasteiger partial charge is 0.489 e. The SMILES string of the molecule is [CH2]N1C(=O)CCC(N2C(=O)c3ccc(N4CCN(CC5CCN(c6ccc(C(=O)N[C@H]7C(C)(C)[C@H](Oc8ccc(C#N)c(Cl)c8)C7(C)C)cc6)CC5)CC4)cc3C2=O)C1=O. The highest BCUT2D eigenvalue weighted by molar-refractivity contribution is 6.31. The third kappa shape index (κ3) is 7.38. The predicted octanol–water partition coefficient (Wildman–Crippen LogP) is 5.77. The summed E-state index contributed by atoms with van der Waals surface area (Å²) >= 11 is 6.25. The first kappa shape index (κ1) is 41.3. The first-order valence-corrected chi connectivity index (χ1v) is 21.1. The molecule has 4 fully saturated rings. The van der Waals surface area contributed by atoms with Crippen LogP contribution in [0.25, 0.3) is 0 Å². The zero-order valence-electron chi connectivity index (χ0n) is 34.6. The summed E-state index contributed by atoms with van der Waals surface area (Å²) in [7, 11) is 3.50. The molecule has 3 saturated heterocycles. The van der Waals surface area contributed by atoms with Crippen LogP contribution in [-0.4, -0.2) is 108 Å². The Morgan fingerprint density at radius 3 is 2.12 bits per heavy atom. The number of fused-ring (bicyclic) bond motifs is 1. The van der Waals surface area contributed by atoms with E-state index in [0.29, 0.717) is 33.4 Å². The van der Waals surface area contributed by atoms with Gasteiger partial charge in [0, 0.05) is 99.2 Å². The molecule has 1 N–H and O–H groups in total. The fraction of sp³-hybridized carbons (Fsp3) is 0.457. The number of nitriles is 1. The van der Waals surface area contributed by atoms with Crippen molar-refractivity contribution in [3.8, 4) is 11.8 Å². The maximum atomic E-state index is 13.5. The molecular weight excluding hydrogens is 782 g/mol. The number of benzene rings is 3. The zero-order valence-corrected chi connectivity index (χ0v) is 35.3. The molecule has 1 radical (unpaired) electrons. The van der Waals surface area contributed by atoms with Gasteiger partial charge in [-0.2, -0.15) is 5.26 Å². The van der Waals surface area contributed by atoms with Gasteiger partial charge in [-0.1, -0.05) is 39.3 Å². The number of anilines is 2. The average molecular weight is 833 g/mol. The van der Waals surface area contributed by atoms with E-state index in [-0.39, 0.29) is 47.3 Å². The summed E-state index contributed by atoms with van der Waals surface area (Å²) in [5.41, 5.74) is 2.86. The van der Waals surface area contributed by atoms with Gasteiger partial charge < -0.3 is 19.9 Å². The lowest BCUT2D eigenvalue weighted by molar-refractivity contribution is -0.164. The molecule has 8 rings (SSSR count). The molecule has 0 bridgehead atoms. The van der Waals surface area contributed by atoms with Gasteiger partial charge in [-0.05, 0) is 79.8 Å². The van der Waals surface area contributed by atoms with E-state index < -0.39 is 29.7 Å². The topological polar surface area (TPSA) is 147 Å². The minimum absolute atomic E-state index is 0.0520. The molecule has 0 aromatic heterocycles. The number of ether oxygens (including phenoxy) is 1. The molecule has 1 saturated carbocycles. The first-order chi connectivity index (χ1) is 28.6. The smallest absolute Gasteiger partial charge is 0.262 e. The molecule has 0 spiro atoms. The number of piperazine rings is 1. The Balaban J connectivity index is 0.791. The number of likely N-dealkylation sites (tertiary alicyclic amines) is 1. The average Bonchev–Trinajstić information content (AvgIpc) is 3.49. The molecule has 4 aliphatic heterocycles. The summed E-state index contributed by atoms with van der Waals surface area (Å²) in [5.74, 6) is -0.999. The number of halogens is 1. The van der Waals surface area contributed by atoms with E-state index in [1.807, 2.05) is 30.3 Å². The summed E-state index contributed by atoms with van der Waals surface area (Å²) in [6.45, 7) is 14.7. The van der Waals surface area contributed by atoms with Crippen molar-refractivity contribution in [2.24, 2.45) is 16.7 Å². The van der Waals surface area contributed by atoms with Crippen LogP contribution in [0.5, 0.6) is 5.75 Å². The number of nitrogens with one attached hydrogen (secondary N) is 1. The summed E-state index contributed by atoms with van der Waals surface area (Å²) in [5, 5.41) is 12.9. The maximum Gasteiger partial charge on any atom is 0.262 e. The minimum atomic E-state index is -1.02. The summed E-state index contributed by atoms with van der Waals surface area (Å²) in [4.78, 5) is 73.8. The minimum Gasteiger partial charge on any atom is -0.489 e. The van der Waals surface area contributed by atoms with Crippen molar-refractivity contribution in [1.29, 1.82) is 5.26 Å². The lowest BCUT2D eigenvalue weighted by atomic mass is 9.49. The van der Waals surface area contributed by atoms with Crippen LogP contribution < -0.4 is 19.9 Å². The van der Waals surface area contributed by atoms with Crippen molar-refractivity contribution < 1.29 is 28.7 Å². The molecule has 5 amide bonds. The second-order valence-electron chi connectivity index (χ2n) is 18.0. The van der Waals surface area contributed by atoms with Gasteiger partial charge in [0.05, 0.1) is 21.7 Å². The molecule has 4 heterocycles.